The minimum Gasteiger partial charge on any atom is -0.489 e. The van der Waals surface area contributed by atoms with E-state index in [1.165, 1.54) is 0 Å². The van der Waals surface area contributed by atoms with Crippen LogP contribution in [0.15, 0.2) is 87.3 Å². The molecule has 0 atom stereocenters. The Morgan fingerprint density at radius 2 is 1.97 bits per heavy atom. The van der Waals surface area contributed by atoms with Gasteiger partial charge < -0.3 is 18.6 Å². The number of carbonyl (C=O) groups excluding carboxylic acids is 1. The van der Waals surface area contributed by atoms with Gasteiger partial charge in [0.2, 0.25) is 6.79 Å². The van der Waals surface area contributed by atoms with E-state index < -0.39 is 5.91 Å². The van der Waals surface area contributed by atoms with Crippen molar-refractivity contribution in [3.63, 3.8) is 0 Å². The molecule has 3 aromatic carbocycles. The van der Waals surface area contributed by atoms with E-state index in [2.05, 4.69) is 33.0 Å². The minimum absolute atomic E-state index is 0.190. The fourth-order valence-corrected chi connectivity index (χ4v) is 4.05. The summed E-state index contributed by atoms with van der Waals surface area (Å²) in [6.07, 6.45) is 4.01. The predicted octanol–water partition coefficient (Wildman–Crippen LogP) is 6.00. The SMILES string of the molecule is C=CCc1cc(/C=N/NC(=O)c2cc3cc(Br)ccc3o2)ccc1OCc1ccc2c(c1)OCO2. The van der Waals surface area contributed by atoms with E-state index in [4.69, 9.17) is 18.6 Å². The minimum atomic E-state index is -0.427. The largest absolute Gasteiger partial charge is 0.489 e. The average Bonchev–Trinajstić information content (AvgIpc) is 3.50. The topological polar surface area (TPSA) is 82.3 Å². The third-order valence-corrected chi connectivity index (χ3v) is 5.86. The summed E-state index contributed by atoms with van der Waals surface area (Å²) >= 11 is 3.41. The second-order valence-corrected chi connectivity index (χ2v) is 8.74. The van der Waals surface area contributed by atoms with Crippen LogP contribution in [-0.2, 0) is 13.0 Å². The summed E-state index contributed by atoms with van der Waals surface area (Å²) in [5.41, 5.74) is 5.89. The Bertz CT molecular complexity index is 1440. The molecule has 0 aliphatic carbocycles. The number of hydrogen-bond donors (Lipinski definition) is 1. The van der Waals surface area contributed by atoms with Crippen molar-refractivity contribution in [1.82, 2.24) is 5.43 Å². The number of rotatable bonds is 8. The highest BCUT2D eigenvalue weighted by Crippen LogP contribution is 2.33. The van der Waals surface area contributed by atoms with Gasteiger partial charge in [-0.2, -0.15) is 5.10 Å². The van der Waals surface area contributed by atoms with Crippen LogP contribution in [-0.4, -0.2) is 18.9 Å². The molecule has 0 spiro atoms. The van der Waals surface area contributed by atoms with Crippen LogP contribution in [0.2, 0.25) is 0 Å². The molecule has 35 heavy (non-hydrogen) atoms. The zero-order valence-electron chi connectivity index (χ0n) is 18.6. The molecule has 2 heterocycles. The fraction of sp³-hybridized carbons (Fsp3) is 0.111. The van der Waals surface area contributed by atoms with Gasteiger partial charge in [0.15, 0.2) is 17.3 Å². The number of amides is 1. The molecule has 1 aliphatic heterocycles. The second-order valence-electron chi connectivity index (χ2n) is 7.83. The summed E-state index contributed by atoms with van der Waals surface area (Å²) < 4.78 is 23.3. The molecular weight excluding hydrogens is 512 g/mol. The molecule has 0 radical (unpaired) electrons. The van der Waals surface area contributed by atoms with Crippen LogP contribution in [0.25, 0.3) is 11.0 Å². The maximum Gasteiger partial charge on any atom is 0.307 e. The molecule has 0 saturated heterocycles. The van der Waals surface area contributed by atoms with Crippen LogP contribution in [0.1, 0.15) is 27.2 Å². The number of allylic oxidation sites excluding steroid dienone is 1. The van der Waals surface area contributed by atoms with Gasteiger partial charge in [-0.25, -0.2) is 5.43 Å². The molecule has 1 amide bonds. The quantitative estimate of drug-likeness (QED) is 0.171. The number of fused-ring (bicyclic) bond motifs is 2. The van der Waals surface area contributed by atoms with Gasteiger partial charge in [0, 0.05) is 9.86 Å². The Balaban J connectivity index is 1.24. The molecule has 4 aromatic rings. The van der Waals surface area contributed by atoms with Gasteiger partial charge in [-0.05, 0) is 77.7 Å². The van der Waals surface area contributed by atoms with Gasteiger partial charge in [-0.1, -0.05) is 28.1 Å². The lowest BCUT2D eigenvalue weighted by atomic mass is 10.1. The Morgan fingerprint density at radius 3 is 2.86 bits per heavy atom. The van der Waals surface area contributed by atoms with Crippen molar-refractivity contribution in [2.45, 2.75) is 13.0 Å². The van der Waals surface area contributed by atoms with Crippen LogP contribution in [0.4, 0.5) is 0 Å². The zero-order valence-corrected chi connectivity index (χ0v) is 20.2. The third-order valence-electron chi connectivity index (χ3n) is 5.36. The highest BCUT2D eigenvalue weighted by atomic mass is 79.9. The number of carbonyl (C=O) groups is 1. The molecule has 5 rings (SSSR count). The highest BCUT2D eigenvalue weighted by Gasteiger charge is 2.14. The number of nitrogens with zero attached hydrogens (tertiary/aromatic N) is 1. The highest BCUT2D eigenvalue weighted by molar-refractivity contribution is 9.10. The lowest BCUT2D eigenvalue weighted by Crippen LogP contribution is -2.16. The lowest BCUT2D eigenvalue weighted by molar-refractivity contribution is 0.0929. The van der Waals surface area contributed by atoms with Crippen LogP contribution >= 0.6 is 15.9 Å². The standard InChI is InChI=1S/C27H21BrN2O5/c1-2-3-19-10-17(4-7-22(19)32-15-18-5-8-24-25(11-18)34-16-33-24)14-29-30-27(31)26-13-20-12-21(28)6-9-23(20)35-26/h2,4-14H,1,3,15-16H2,(H,30,31)/b29-14+. The summed E-state index contributed by atoms with van der Waals surface area (Å²) in [6.45, 7) is 4.46. The van der Waals surface area contributed by atoms with Crippen LogP contribution in [0, 0.1) is 0 Å². The molecule has 0 unspecified atom stereocenters. The molecule has 0 saturated carbocycles. The molecular formula is C27H21BrN2O5. The van der Waals surface area contributed by atoms with E-state index >= 15 is 0 Å². The van der Waals surface area contributed by atoms with Crippen molar-refractivity contribution in [1.29, 1.82) is 0 Å². The van der Waals surface area contributed by atoms with Crippen molar-refractivity contribution in [2.24, 2.45) is 5.10 Å². The molecule has 0 fully saturated rings. The number of hydrazone groups is 1. The van der Waals surface area contributed by atoms with Gasteiger partial charge in [0.05, 0.1) is 6.21 Å². The van der Waals surface area contributed by atoms with E-state index in [0.29, 0.717) is 18.6 Å². The Kier molecular flexibility index (Phi) is 6.54. The van der Waals surface area contributed by atoms with Crippen molar-refractivity contribution < 1.29 is 23.4 Å². The number of hydrogen-bond acceptors (Lipinski definition) is 6. The summed E-state index contributed by atoms with van der Waals surface area (Å²) in [7, 11) is 0. The lowest BCUT2D eigenvalue weighted by Gasteiger charge is -2.12. The van der Waals surface area contributed by atoms with E-state index in [1.807, 2.05) is 54.6 Å². The summed E-state index contributed by atoms with van der Waals surface area (Å²) in [5.74, 6) is 1.97. The normalized spacial score (nSPS) is 12.3. The number of halogens is 1. The smallest absolute Gasteiger partial charge is 0.307 e. The van der Waals surface area contributed by atoms with Crippen LogP contribution in [0.3, 0.4) is 0 Å². The third kappa shape index (κ3) is 5.22. The fourth-order valence-electron chi connectivity index (χ4n) is 3.67. The first-order valence-corrected chi connectivity index (χ1v) is 11.7. The van der Waals surface area contributed by atoms with Gasteiger partial charge >= 0.3 is 5.91 Å². The summed E-state index contributed by atoms with van der Waals surface area (Å²) in [5, 5.41) is 4.91. The Morgan fingerprint density at radius 1 is 1.09 bits per heavy atom. The molecule has 1 aliphatic rings. The van der Waals surface area contributed by atoms with Gasteiger partial charge in [-0.15, -0.1) is 6.58 Å². The maximum atomic E-state index is 12.4. The van der Waals surface area contributed by atoms with Gasteiger partial charge in [0.1, 0.15) is 17.9 Å². The monoisotopic (exact) mass is 532 g/mol. The van der Waals surface area contributed by atoms with Crippen LogP contribution in [0.5, 0.6) is 17.2 Å². The molecule has 8 heteroatoms. The van der Waals surface area contributed by atoms with Crippen molar-refractivity contribution in [3.05, 3.63) is 100 Å². The molecule has 176 valence electrons. The first kappa shape index (κ1) is 22.7. The Labute approximate surface area is 210 Å². The number of nitrogens with one attached hydrogen (secondary N) is 1. The summed E-state index contributed by atoms with van der Waals surface area (Å²) in [6, 6.07) is 18.7. The summed E-state index contributed by atoms with van der Waals surface area (Å²) in [4.78, 5) is 12.4. The molecule has 1 aromatic heterocycles. The number of furan rings is 1. The van der Waals surface area contributed by atoms with Crippen molar-refractivity contribution in [2.75, 3.05) is 6.79 Å². The van der Waals surface area contributed by atoms with E-state index in [1.54, 1.807) is 18.3 Å². The van der Waals surface area contributed by atoms with E-state index in [9.17, 15) is 4.79 Å². The van der Waals surface area contributed by atoms with E-state index in [-0.39, 0.29) is 12.6 Å². The van der Waals surface area contributed by atoms with Crippen molar-refractivity contribution in [3.8, 4) is 17.2 Å². The van der Waals surface area contributed by atoms with E-state index in [0.717, 1.165) is 43.8 Å². The first-order valence-electron chi connectivity index (χ1n) is 10.9. The number of benzene rings is 3. The Hall–Kier alpha value is -4.04. The first-order chi connectivity index (χ1) is 17.1. The van der Waals surface area contributed by atoms with Gasteiger partial charge in [-0.3, -0.25) is 4.79 Å². The average molecular weight is 533 g/mol. The molecule has 1 N–H and O–H groups in total. The van der Waals surface area contributed by atoms with Crippen molar-refractivity contribution >= 4 is 39.0 Å². The maximum absolute atomic E-state index is 12.4. The molecule has 0 bridgehead atoms. The van der Waals surface area contributed by atoms with Gasteiger partial charge in [0.25, 0.3) is 0 Å². The van der Waals surface area contributed by atoms with Crippen LogP contribution < -0.4 is 19.6 Å². The molecule has 7 nitrogen and oxygen atoms in total. The number of ether oxygens (including phenoxy) is 3. The second kappa shape index (κ2) is 10.1. The zero-order chi connectivity index (χ0) is 24.2. The predicted molar refractivity (Wildman–Crippen MR) is 136 cm³/mol.